The number of fused-ring (bicyclic) bond motifs is 2. The maximum Gasteiger partial charge on any atom is 0.269 e. The largest absolute Gasteiger partial charge is 0.369 e. The molecule has 3 aliphatic rings. The average Bonchev–Trinajstić information content (AvgIpc) is 3.30. The Balaban J connectivity index is 1.32. The Labute approximate surface area is 222 Å². The van der Waals surface area contributed by atoms with Crippen LogP contribution in [-0.4, -0.2) is 54.8 Å². The predicted molar refractivity (Wildman–Crippen MR) is 151 cm³/mol. The number of hydrogen-bond donors (Lipinski definition) is 0. The molecule has 190 valence electrons. The van der Waals surface area contributed by atoms with E-state index in [2.05, 4.69) is 40.1 Å². The van der Waals surface area contributed by atoms with Gasteiger partial charge >= 0.3 is 0 Å². The summed E-state index contributed by atoms with van der Waals surface area (Å²) in [5, 5.41) is -0.313. The Hall–Kier alpha value is -3.29. The van der Waals surface area contributed by atoms with E-state index < -0.39 is 4.87 Å². The minimum atomic E-state index is -1.08. The van der Waals surface area contributed by atoms with Crippen LogP contribution in [0.4, 0.5) is 17.1 Å². The molecule has 0 aromatic heterocycles. The molecule has 1 spiro atoms. The second-order valence-electron chi connectivity index (χ2n) is 10.3. The number of piperazine rings is 1. The maximum absolute atomic E-state index is 14.5. The van der Waals surface area contributed by atoms with E-state index in [0.29, 0.717) is 6.67 Å². The molecule has 2 amide bonds. The van der Waals surface area contributed by atoms with Gasteiger partial charge < -0.3 is 4.90 Å². The summed E-state index contributed by atoms with van der Waals surface area (Å²) in [6.07, 6.45) is 0. The van der Waals surface area contributed by atoms with E-state index in [0.717, 1.165) is 54.2 Å². The van der Waals surface area contributed by atoms with E-state index >= 15 is 0 Å². The highest BCUT2D eigenvalue weighted by Crippen LogP contribution is 2.57. The smallest absolute Gasteiger partial charge is 0.269 e. The Morgan fingerprint density at radius 1 is 0.838 bits per heavy atom. The van der Waals surface area contributed by atoms with Gasteiger partial charge in [0.15, 0.2) is 0 Å². The number of anilines is 3. The van der Waals surface area contributed by atoms with Crippen molar-refractivity contribution in [3.63, 3.8) is 0 Å². The fourth-order valence-electron chi connectivity index (χ4n) is 5.94. The van der Waals surface area contributed by atoms with E-state index in [4.69, 9.17) is 0 Å². The molecule has 2 atom stereocenters. The Morgan fingerprint density at radius 2 is 1.49 bits per heavy atom. The predicted octanol–water partition coefficient (Wildman–Crippen LogP) is 4.75. The third kappa shape index (κ3) is 3.92. The van der Waals surface area contributed by atoms with Crippen molar-refractivity contribution in [2.75, 3.05) is 47.5 Å². The summed E-state index contributed by atoms with van der Waals surface area (Å²) in [7, 11) is 0. The Kier molecular flexibility index (Phi) is 6.00. The second kappa shape index (κ2) is 9.23. The summed E-state index contributed by atoms with van der Waals surface area (Å²) < 4.78 is 0. The highest BCUT2D eigenvalue weighted by molar-refractivity contribution is 8.03. The van der Waals surface area contributed by atoms with Gasteiger partial charge in [0, 0.05) is 43.1 Å². The lowest BCUT2D eigenvalue weighted by Gasteiger charge is -2.38. The summed E-state index contributed by atoms with van der Waals surface area (Å²) >= 11 is 1.47. The fourth-order valence-corrected chi connectivity index (χ4v) is 7.47. The van der Waals surface area contributed by atoms with Crippen LogP contribution >= 0.6 is 11.8 Å². The summed E-state index contributed by atoms with van der Waals surface area (Å²) in [6, 6.07) is 24.6. The molecule has 0 aliphatic carbocycles. The van der Waals surface area contributed by atoms with Crippen LogP contribution in [0.1, 0.15) is 23.6 Å². The highest BCUT2D eigenvalue weighted by atomic mass is 32.2. The molecule has 2 unspecified atom stereocenters. The van der Waals surface area contributed by atoms with Crippen LogP contribution in [0.25, 0.3) is 0 Å². The molecule has 6 rings (SSSR count). The molecule has 37 heavy (non-hydrogen) atoms. The van der Waals surface area contributed by atoms with Crippen LogP contribution in [0, 0.1) is 13.8 Å². The summed E-state index contributed by atoms with van der Waals surface area (Å²) in [4.78, 5) is 35.4. The summed E-state index contributed by atoms with van der Waals surface area (Å²) in [6.45, 7) is 10.1. The normalized spacial score (nSPS) is 23.9. The zero-order chi connectivity index (χ0) is 25.7. The number of para-hydroxylation sites is 2. The van der Waals surface area contributed by atoms with Crippen LogP contribution in [0.2, 0.25) is 0 Å². The third-order valence-corrected chi connectivity index (χ3v) is 9.10. The third-order valence-electron chi connectivity index (χ3n) is 7.63. The first-order valence-electron chi connectivity index (χ1n) is 12.9. The number of thioether (sulfide) groups is 1. The zero-order valence-electron chi connectivity index (χ0n) is 21.6. The van der Waals surface area contributed by atoms with E-state index in [1.54, 1.807) is 4.90 Å². The number of rotatable bonds is 4. The Morgan fingerprint density at radius 3 is 2.19 bits per heavy atom. The first-order chi connectivity index (χ1) is 17.9. The maximum atomic E-state index is 14.5. The van der Waals surface area contributed by atoms with Gasteiger partial charge in [-0.3, -0.25) is 24.3 Å². The minimum Gasteiger partial charge on any atom is -0.369 e. The molecular formula is C30H32N4O2S. The average molecular weight is 513 g/mol. The van der Waals surface area contributed by atoms with E-state index in [9.17, 15) is 9.59 Å². The first kappa shape index (κ1) is 24.1. The summed E-state index contributed by atoms with van der Waals surface area (Å²) in [5.74, 6) is -0.0440. The lowest BCUT2D eigenvalue weighted by molar-refractivity contribution is -0.124. The van der Waals surface area contributed by atoms with Gasteiger partial charge in [0.2, 0.25) is 10.8 Å². The molecule has 0 N–H and O–H groups in total. The van der Waals surface area contributed by atoms with Crippen molar-refractivity contribution >= 4 is 40.6 Å². The van der Waals surface area contributed by atoms with Gasteiger partial charge in [0.1, 0.15) is 0 Å². The van der Waals surface area contributed by atoms with Crippen LogP contribution < -0.4 is 14.7 Å². The van der Waals surface area contributed by atoms with Gasteiger partial charge in [-0.05, 0) is 62.2 Å². The van der Waals surface area contributed by atoms with E-state index in [1.165, 1.54) is 17.4 Å². The van der Waals surface area contributed by atoms with Crippen molar-refractivity contribution in [2.45, 2.75) is 30.9 Å². The van der Waals surface area contributed by atoms with Crippen molar-refractivity contribution in [1.82, 2.24) is 4.90 Å². The van der Waals surface area contributed by atoms with Gasteiger partial charge in [-0.25, -0.2) is 0 Å². The Bertz CT molecular complexity index is 1330. The molecule has 3 aliphatic heterocycles. The lowest BCUT2D eigenvalue weighted by atomic mass is 10.0. The molecule has 2 saturated heterocycles. The van der Waals surface area contributed by atoms with E-state index in [-0.39, 0.29) is 17.1 Å². The van der Waals surface area contributed by atoms with E-state index in [1.807, 2.05) is 68.1 Å². The number of aryl methyl sites for hydroxylation is 2. The number of nitrogens with zero attached hydrogens (tertiary/aromatic N) is 4. The van der Waals surface area contributed by atoms with Gasteiger partial charge in [-0.1, -0.05) is 42.5 Å². The van der Waals surface area contributed by atoms with Crippen LogP contribution in [0.15, 0.2) is 72.8 Å². The highest BCUT2D eigenvalue weighted by Gasteiger charge is 2.63. The topological polar surface area (TPSA) is 47.1 Å². The van der Waals surface area contributed by atoms with Gasteiger partial charge in [0.25, 0.3) is 5.91 Å². The number of amides is 2. The quantitative estimate of drug-likeness (QED) is 0.505. The number of hydrogen-bond acceptors (Lipinski definition) is 5. The second-order valence-corrected chi connectivity index (χ2v) is 11.8. The molecule has 3 aromatic carbocycles. The molecule has 0 bridgehead atoms. The number of carbonyl (C=O) groups is 2. The molecule has 3 heterocycles. The first-order valence-corrected chi connectivity index (χ1v) is 13.8. The molecule has 0 saturated carbocycles. The molecule has 7 heteroatoms. The number of benzene rings is 3. The monoisotopic (exact) mass is 512 g/mol. The summed E-state index contributed by atoms with van der Waals surface area (Å²) in [5.41, 5.74) is 6.00. The van der Waals surface area contributed by atoms with Crippen molar-refractivity contribution in [1.29, 1.82) is 0 Å². The van der Waals surface area contributed by atoms with Gasteiger partial charge in [-0.15, -0.1) is 11.8 Å². The van der Waals surface area contributed by atoms with Crippen molar-refractivity contribution in [2.24, 2.45) is 0 Å². The standard InChI is InChI=1S/C30H32N4O2S/c1-21-17-22(2)19-25(18-21)34-28(35)23(3)37-30(34)26-11-7-8-12-27(26)33(29(30)36)20-31-13-15-32(16-14-31)24-9-5-4-6-10-24/h4-12,17-19,23H,13-16,20H2,1-3H3. The van der Waals surface area contributed by atoms with Crippen molar-refractivity contribution in [3.05, 3.63) is 89.5 Å². The van der Waals surface area contributed by atoms with Crippen LogP contribution in [-0.2, 0) is 14.5 Å². The van der Waals surface area contributed by atoms with Crippen LogP contribution in [0.5, 0.6) is 0 Å². The van der Waals surface area contributed by atoms with Crippen molar-refractivity contribution < 1.29 is 9.59 Å². The molecule has 6 nitrogen and oxygen atoms in total. The molecule has 0 radical (unpaired) electrons. The fraction of sp³-hybridized carbons (Fsp3) is 0.333. The SMILES string of the molecule is Cc1cc(C)cc(N2C(=O)C(C)SC23C(=O)N(CN2CCN(c4ccccc4)CC2)c2ccccc23)c1. The van der Waals surface area contributed by atoms with Gasteiger partial charge in [0.05, 0.1) is 17.6 Å². The molecule has 3 aromatic rings. The minimum absolute atomic E-state index is 0.0171. The number of carbonyl (C=O) groups excluding carboxylic acids is 2. The molecule has 2 fully saturated rings. The zero-order valence-corrected chi connectivity index (χ0v) is 22.4. The lowest BCUT2D eigenvalue weighted by Crippen LogP contribution is -2.54. The van der Waals surface area contributed by atoms with Gasteiger partial charge in [-0.2, -0.15) is 0 Å². The van der Waals surface area contributed by atoms with Crippen LogP contribution in [0.3, 0.4) is 0 Å². The molecular weight excluding hydrogens is 480 g/mol. The van der Waals surface area contributed by atoms with Crippen molar-refractivity contribution in [3.8, 4) is 0 Å².